The Balaban J connectivity index is 1.45. The molecule has 0 fully saturated rings. The van der Waals surface area contributed by atoms with E-state index in [0.717, 1.165) is 56.1 Å². The van der Waals surface area contributed by atoms with Crippen LogP contribution in [0.15, 0.2) is 42.5 Å². The SMILES string of the molecule is COc1cc(CCNCCCCCCNCCc2ccccc2)cc(C)c1OC. The lowest BCUT2D eigenvalue weighted by atomic mass is 10.1. The molecule has 0 aliphatic rings. The molecular weight excluding hydrogens is 360 g/mol. The highest BCUT2D eigenvalue weighted by atomic mass is 16.5. The number of unbranched alkanes of at least 4 members (excludes halogenated alkanes) is 3. The highest BCUT2D eigenvalue weighted by molar-refractivity contribution is 5.49. The highest BCUT2D eigenvalue weighted by Crippen LogP contribution is 2.32. The second kappa shape index (κ2) is 14.0. The quantitative estimate of drug-likeness (QED) is 0.432. The average molecular weight is 399 g/mol. The fourth-order valence-electron chi connectivity index (χ4n) is 3.58. The summed E-state index contributed by atoms with van der Waals surface area (Å²) in [5, 5.41) is 7.11. The zero-order valence-electron chi connectivity index (χ0n) is 18.4. The Bertz CT molecular complexity index is 689. The van der Waals surface area contributed by atoms with Gasteiger partial charge in [0.05, 0.1) is 14.2 Å². The maximum absolute atomic E-state index is 5.44. The molecule has 2 rings (SSSR count). The molecule has 0 aliphatic carbocycles. The first-order valence-corrected chi connectivity index (χ1v) is 10.9. The van der Waals surface area contributed by atoms with E-state index >= 15 is 0 Å². The molecule has 4 nitrogen and oxygen atoms in total. The van der Waals surface area contributed by atoms with Crippen molar-refractivity contribution in [2.75, 3.05) is 40.4 Å². The predicted molar refractivity (Wildman–Crippen MR) is 122 cm³/mol. The molecule has 0 aromatic heterocycles. The highest BCUT2D eigenvalue weighted by Gasteiger charge is 2.08. The van der Waals surface area contributed by atoms with Crippen molar-refractivity contribution >= 4 is 0 Å². The van der Waals surface area contributed by atoms with Gasteiger partial charge in [0, 0.05) is 0 Å². The molecule has 0 saturated carbocycles. The molecule has 4 heteroatoms. The van der Waals surface area contributed by atoms with E-state index in [9.17, 15) is 0 Å². The topological polar surface area (TPSA) is 42.5 Å². The van der Waals surface area contributed by atoms with Crippen LogP contribution in [0.5, 0.6) is 11.5 Å². The van der Waals surface area contributed by atoms with Crippen LogP contribution in [-0.2, 0) is 12.8 Å². The van der Waals surface area contributed by atoms with Gasteiger partial charge in [-0.15, -0.1) is 0 Å². The first kappa shape index (κ1) is 23.2. The van der Waals surface area contributed by atoms with Crippen molar-refractivity contribution in [2.24, 2.45) is 0 Å². The molecule has 0 saturated heterocycles. The number of hydrogen-bond acceptors (Lipinski definition) is 4. The number of rotatable bonds is 15. The molecule has 0 unspecified atom stereocenters. The lowest BCUT2D eigenvalue weighted by Gasteiger charge is -2.13. The van der Waals surface area contributed by atoms with Crippen LogP contribution in [0.1, 0.15) is 42.4 Å². The smallest absolute Gasteiger partial charge is 0.163 e. The molecule has 2 aromatic carbocycles. The van der Waals surface area contributed by atoms with Crippen LogP contribution in [0.25, 0.3) is 0 Å². The lowest BCUT2D eigenvalue weighted by Crippen LogP contribution is -2.19. The minimum Gasteiger partial charge on any atom is -0.493 e. The van der Waals surface area contributed by atoms with Crippen LogP contribution in [0.2, 0.25) is 0 Å². The molecule has 0 amide bonds. The maximum atomic E-state index is 5.44. The van der Waals surface area contributed by atoms with Crippen molar-refractivity contribution in [3.8, 4) is 11.5 Å². The summed E-state index contributed by atoms with van der Waals surface area (Å²) in [7, 11) is 3.38. The van der Waals surface area contributed by atoms with Crippen LogP contribution >= 0.6 is 0 Å². The Morgan fingerprint density at radius 2 is 1.31 bits per heavy atom. The van der Waals surface area contributed by atoms with Gasteiger partial charge in [-0.05, 0) is 81.5 Å². The van der Waals surface area contributed by atoms with Gasteiger partial charge in [-0.2, -0.15) is 0 Å². The van der Waals surface area contributed by atoms with Crippen LogP contribution in [-0.4, -0.2) is 40.4 Å². The zero-order valence-corrected chi connectivity index (χ0v) is 18.4. The van der Waals surface area contributed by atoms with Crippen LogP contribution in [0.4, 0.5) is 0 Å². The van der Waals surface area contributed by atoms with Gasteiger partial charge in [-0.25, -0.2) is 0 Å². The summed E-state index contributed by atoms with van der Waals surface area (Å²) < 4.78 is 10.8. The first-order chi connectivity index (χ1) is 14.2. The largest absolute Gasteiger partial charge is 0.493 e. The Hall–Kier alpha value is -2.04. The van der Waals surface area contributed by atoms with Gasteiger partial charge in [0.25, 0.3) is 0 Å². The molecule has 0 spiro atoms. The summed E-state index contributed by atoms with van der Waals surface area (Å²) >= 11 is 0. The normalized spacial score (nSPS) is 10.9. The molecule has 2 aromatic rings. The molecule has 160 valence electrons. The Morgan fingerprint density at radius 3 is 1.90 bits per heavy atom. The van der Waals surface area contributed by atoms with Crippen molar-refractivity contribution in [3.63, 3.8) is 0 Å². The third-order valence-corrected chi connectivity index (χ3v) is 5.21. The molecule has 0 bridgehead atoms. The molecular formula is C25H38N2O2. The number of hydrogen-bond donors (Lipinski definition) is 2. The van der Waals surface area contributed by atoms with Crippen molar-refractivity contribution in [1.29, 1.82) is 0 Å². The number of nitrogens with one attached hydrogen (secondary N) is 2. The fraction of sp³-hybridized carbons (Fsp3) is 0.520. The van der Waals surface area contributed by atoms with Gasteiger partial charge in [-0.1, -0.05) is 49.2 Å². The van der Waals surface area contributed by atoms with E-state index in [4.69, 9.17) is 9.47 Å². The van der Waals surface area contributed by atoms with Crippen molar-refractivity contribution in [2.45, 2.75) is 45.4 Å². The van der Waals surface area contributed by atoms with E-state index in [1.165, 1.54) is 36.8 Å². The van der Waals surface area contributed by atoms with Crippen LogP contribution < -0.4 is 20.1 Å². The Labute approximate surface area is 177 Å². The summed E-state index contributed by atoms with van der Waals surface area (Å²) in [6.45, 7) is 6.35. The van der Waals surface area contributed by atoms with E-state index in [0.29, 0.717) is 0 Å². The summed E-state index contributed by atoms with van der Waals surface area (Å²) in [6, 6.07) is 15.0. The Morgan fingerprint density at radius 1 is 0.690 bits per heavy atom. The molecule has 0 atom stereocenters. The number of benzene rings is 2. The second-order valence-electron chi connectivity index (χ2n) is 7.55. The number of ether oxygens (including phenoxy) is 2. The summed E-state index contributed by atoms with van der Waals surface area (Å²) in [5.74, 6) is 1.65. The van der Waals surface area contributed by atoms with Crippen LogP contribution in [0, 0.1) is 6.92 Å². The fourth-order valence-corrected chi connectivity index (χ4v) is 3.58. The van der Waals surface area contributed by atoms with E-state index in [2.05, 4.69) is 60.0 Å². The van der Waals surface area contributed by atoms with E-state index in [1.54, 1.807) is 14.2 Å². The molecule has 0 radical (unpaired) electrons. The average Bonchev–Trinajstić information content (AvgIpc) is 2.74. The van der Waals surface area contributed by atoms with Crippen molar-refractivity contribution < 1.29 is 9.47 Å². The predicted octanol–water partition coefficient (Wildman–Crippen LogP) is 4.54. The van der Waals surface area contributed by atoms with E-state index < -0.39 is 0 Å². The van der Waals surface area contributed by atoms with Crippen molar-refractivity contribution in [3.05, 3.63) is 59.2 Å². The monoisotopic (exact) mass is 398 g/mol. The van der Waals surface area contributed by atoms with Gasteiger partial charge in [0.15, 0.2) is 11.5 Å². The molecule has 0 aliphatic heterocycles. The third kappa shape index (κ3) is 8.88. The minimum atomic E-state index is 0.819. The molecule has 0 heterocycles. The van der Waals surface area contributed by atoms with Gasteiger partial charge in [0.2, 0.25) is 0 Å². The third-order valence-electron chi connectivity index (χ3n) is 5.21. The van der Waals surface area contributed by atoms with Crippen LogP contribution in [0.3, 0.4) is 0 Å². The number of methoxy groups -OCH3 is 2. The maximum Gasteiger partial charge on any atom is 0.163 e. The summed E-state index contributed by atoms with van der Waals surface area (Å²) in [4.78, 5) is 0. The van der Waals surface area contributed by atoms with E-state index in [-0.39, 0.29) is 0 Å². The summed E-state index contributed by atoms with van der Waals surface area (Å²) in [5.41, 5.74) is 3.82. The molecule has 29 heavy (non-hydrogen) atoms. The standard InChI is InChI=1S/C25H38N2O2/c1-21-19-23(20-24(28-2)25(21)29-3)14-18-27-16-10-5-4-9-15-26-17-13-22-11-7-6-8-12-22/h6-8,11-12,19-20,26-27H,4-5,9-10,13-18H2,1-3H3. The Kier molecular flexibility index (Phi) is 11.2. The second-order valence-corrected chi connectivity index (χ2v) is 7.55. The van der Waals surface area contributed by atoms with Gasteiger partial charge in [0.1, 0.15) is 0 Å². The van der Waals surface area contributed by atoms with Gasteiger partial charge >= 0.3 is 0 Å². The van der Waals surface area contributed by atoms with Gasteiger partial charge in [-0.3, -0.25) is 0 Å². The van der Waals surface area contributed by atoms with E-state index in [1.807, 2.05) is 0 Å². The van der Waals surface area contributed by atoms with Gasteiger partial charge < -0.3 is 20.1 Å². The molecule has 2 N–H and O–H groups in total. The minimum absolute atomic E-state index is 0.819. The lowest BCUT2D eigenvalue weighted by molar-refractivity contribution is 0.352. The first-order valence-electron chi connectivity index (χ1n) is 10.9. The van der Waals surface area contributed by atoms with Crippen molar-refractivity contribution in [1.82, 2.24) is 10.6 Å². The number of aryl methyl sites for hydroxylation is 1. The zero-order chi connectivity index (χ0) is 20.7. The summed E-state index contributed by atoms with van der Waals surface area (Å²) in [6.07, 6.45) is 7.23.